The van der Waals surface area contributed by atoms with Crippen molar-refractivity contribution in [3.8, 4) is 11.5 Å². The van der Waals surface area contributed by atoms with E-state index < -0.39 is 17.6 Å². The Hall–Kier alpha value is -1.92. The number of rotatable bonds is 3. The molecule has 122 valence electrons. The lowest BCUT2D eigenvalue weighted by Gasteiger charge is -2.15. The minimum absolute atomic E-state index is 0.0735. The Morgan fingerprint density at radius 2 is 1.83 bits per heavy atom. The number of ether oxygens (including phenoxy) is 1. The SMILES string of the molecule is CC(=O)Nc1ccc(Oc2ccc(Cl)cc2Cl)cc1C(F)(F)F. The lowest BCUT2D eigenvalue weighted by atomic mass is 10.1. The van der Waals surface area contributed by atoms with Gasteiger partial charge in [-0.1, -0.05) is 23.2 Å². The Morgan fingerprint density at radius 3 is 2.39 bits per heavy atom. The normalized spacial score (nSPS) is 11.2. The van der Waals surface area contributed by atoms with E-state index in [9.17, 15) is 18.0 Å². The molecule has 0 aliphatic rings. The zero-order valence-electron chi connectivity index (χ0n) is 11.7. The third-order valence-electron chi connectivity index (χ3n) is 2.73. The fraction of sp³-hybridized carbons (Fsp3) is 0.133. The standard InChI is InChI=1S/C15H10Cl2F3NO2/c1-8(22)21-13-4-3-10(7-11(13)15(18,19)20)23-14-5-2-9(16)6-12(14)17/h2-7H,1H3,(H,21,22). The zero-order chi connectivity index (χ0) is 17.2. The van der Waals surface area contributed by atoms with Gasteiger partial charge in [0, 0.05) is 11.9 Å². The molecule has 1 N–H and O–H groups in total. The van der Waals surface area contributed by atoms with Crippen molar-refractivity contribution in [1.82, 2.24) is 0 Å². The number of carbonyl (C=O) groups excluding carboxylic acids is 1. The summed E-state index contributed by atoms with van der Waals surface area (Å²) in [6.45, 7) is 1.12. The van der Waals surface area contributed by atoms with E-state index in [1.165, 1.54) is 24.3 Å². The summed E-state index contributed by atoms with van der Waals surface area (Å²) in [5.41, 5.74) is -1.37. The molecule has 0 bridgehead atoms. The zero-order valence-corrected chi connectivity index (χ0v) is 13.2. The van der Waals surface area contributed by atoms with Crippen LogP contribution in [0.4, 0.5) is 18.9 Å². The van der Waals surface area contributed by atoms with Crippen molar-refractivity contribution in [3.63, 3.8) is 0 Å². The number of hydrogen-bond acceptors (Lipinski definition) is 2. The van der Waals surface area contributed by atoms with Crippen molar-refractivity contribution in [2.75, 3.05) is 5.32 Å². The summed E-state index contributed by atoms with van der Waals surface area (Å²) in [5.74, 6) is -0.517. The highest BCUT2D eigenvalue weighted by molar-refractivity contribution is 6.35. The van der Waals surface area contributed by atoms with Gasteiger partial charge in [-0.15, -0.1) is 0 Å². The van der Waals surface area contributed by atoms with Crippen molar-refractivity contribution in [1.29, 1.82) is 0 Å². The highest BCUT2D eigenvalue weighted by Gasteiger charge is 2.34. The van der Waals surface area contributed by atoms with E-state index in [0.717, 1.165) is 19.1 Å². The summed E-state index contributed by atoms with van der Waals surface area (Å²) in [7, 11) is 0. The maximum absolute atomic E-state index is 13.1. The molecule has 0 spiro atoms. The van der Waals surface area contributed by atoms with Gasteiger partial charge in [-0.3, -0.25) is 4.79 Å². The summed E-state index contributed by atoms with van der Waals surface area (Å²) in [6, 6.07) is 7.55. The number of amides is 1. The summed E-state index contributed by atoms with van der Waals surface area (Å²) in [6.07, 6.45) is -4.65. The minimum Gasteiger partial charge on any atom is -0.456 e. The van der Waals surface area contributed by atoms with Gasteiger partial charge in [-0.2, -0.15) is 13.2 Å². The molecular formula is C15H10Cl2F3NO2. The maximum atomic E-state index is 13.1. The van der Waals surface area contributed by atoms with Crippen LogP contribution in [0.3, 0.4) is 0 Å². The average Bonchev–Trinajstić information content (AvgIpc) is 2.41. The Kier molecular flexibility index (Phi) is 5.06. The summed E-state index contributed by atoms with van der Waals surface area (Å²) in [5, 5.41) is 2.67. The molecule has 0 atom stereocenters. The minimum atomic E-state index is -4.65. The first-order valence-corrected chi connectivity index (χ1v) is 7.04. The van der Waals surface area contributed by atoms with Gasteiger partial charge in [0.25, 0.3) is 0 Å². The largest absolute Gasteiger partial charge is 0.456 e. The van der Waals surface area contributed by atoms with Crippen LogP contribution < -0.4 is 10.1 Å². The monoisotopic (exact) mass is 363 g/mol. The van der Waals surface area contributed by atoms with Gasteiger partial charge >= 0.3 is 6.18 Å². The van der Waals surface area contributed by atoms with Gasteiger partial charge in [0.1, 0.15) is 11.5 Å². The van der Waals surface area contributed by atoms with Crippen LogP contribution in [-0.4, -0.2) is 5.91 Å². The van der Waals surface area contributed by atoms with Crippen LogP contribution in [0, 0.1) is 0 Å². The first-order valence-electron chi connectivity index (χ1n) is 6.28. The lowest BCUT2D eigenvalue weighted by Crippen LogP contribution is -2.14. The summed E-state index contributed by atoms with van der Waals surface area (Å²) >= 11 is 11.7. The number of halogens is 5. The number of nitrogens with one attached hydrogen (secondary N) is 1. The molecule has 2 aromatic carbocycles. The second-order valence-electron chi connectivity index (χ2n) is 4.56. The van der Waals surface area contributed by atoms with Gasteiger partial charge < -0.3 is 10.1 Å². The molecule has 0 unspecified atom stereocenters. The molecule has 0 heterocycles. The van der Waals surface area contributed by atoms with Crippen LogP contribution in [0.15, 0.2) is 36.4 Å². The van der Waals surface area contributed by atoms with Gasteiger partial charge in [0.05, 0.1) is 16.3 Å². The summed E-state index contributed by atoms with van der Waals surface area (Å²) in [4.78, 5) is 11.0. The van der Waals surface area contributed by atoms with Gasteiger partial charge in [0.15, 0.2) is 0 Å². The Morgan fingerprint density at radius 1 is 1.13 bits per heavy atom. The van der Waals surface area contributed by atoms with Crippen molar-refractivity contribution in [3.05, 3.63) is 52.0 Å². The number of hydrogen-bond donors (Lipinski definition) is 1. The Bertz CT molecular complexity index is 748. The van der Waals surface area contributed by atoms with Crippen LogP contribution in [0.1, 0.15) is 12.5 Å². The predicted octanol–water partition coefficient (Wildman–Crippen LogP) is 5.76. The second-order valence-corrected chi connectivity index (χ2v) is 5.41. The first-order chi connectivity index (χ1) is 10.7. The molecule has 0 saturated carbocycles. The fourth-order valence-electron chi connectivity index (χ4n) is 1.80. The van der Waals surface area contributed by atoms with E-state index in [1.807, 2.05) is 0 Å². The molecule has 0 saturated heterocycles. The van der Waals surface area contributed by atoms with Crippen LogP contribution in [0.2, 0.25) is 10.0 Å². The number of alkyl halides is 3. The third kappa shape index (κ3) is 4.53. The number of carbonyl (C=O) groups is 1. The van der Waals surface area contributed by atoms with Crippen molar-refractivity contribution >= 4 is 34.8 Å². The van der Waals surface area contributed by atoms with E-state index in [4.69, 9.17) is 27.9 Å². The molecule has 8 heteroatoms. The molecular weight excluding hydrogens is 354 g/mol. The van der Waals surface area contributed by atoms with Crippen LogP contribution in [-0.2, 0) is 11.0 Å². The highest BCUT2D eigenvalue weighted by Crippen LogP contribution is 2.39. The molecule has 0 aromatic heterocycles. The molecule has 0 radical (unpaired) electrons. The van der Waals surface area contributed by atoms with E-state index in [0.29, 0.717) is 5.02 Å². The summed E-state index contributed by atoms with van der Waals surface area (Å²) < 4.78 is 44.7. The van der Waals surface area contributed by atoms with Crippen LogP contribution in [0.25, 0.3) is 0 Å². The maximum Gasteiger partial charge on any atom is 0.418 e. The van der Waals surface area contributed by atoms with Crippen LogP contribution in [0.5, 0.6) is 11.5 Å². The van der Waals surface area contributed by atoms with Crippen molar-refractivity contribution < 1.29 is 22.7 Å². The smallest absolute Gasteiger partial charge is 0.418 e. The molecule has 2 rings (SSSR count). The van der Waals surface area contributed by atoms with Crippen LogP contribution >= 0.6 is 23.2 Å². The van der Waals surface area contributed by atoms with Crippen molar-refractivity contribution in [2.24, 2.45) is 0 Å². The Balaban J connectivity index is 2.38. The van der Waals surface area contributed by atoms with E-state index in [2.05, 4.69) is 5.32 Å². The lowest BCUT2D eigenvalue weighted by molar-refractivity contribution is -0.137. The first kappa shape index (κ1) is 17.4. The van der Waals surface area contributed by atoms with E-state index in [-0.39, 0.29) is 22.2 Å². The molecule has 0 aliphatic carbocycles. The molecule has 2 aromatic rings. The number of benzene rings is 2. The fourth-order valence-corrected chi connectivity index (χ4v) is 2.25. The second kappa shape index (κ2) is 6.68. The third-order valence-corrected chi connectivity index (χ3v) is 3.26. The average molecular weight is 364 g/mol. The Labute approximate surface area is 140 Å². The molecule has 3 nitrogen and oxygen atoms in total. The van der Waals surface area contributed by atoms with E-state index in [1.54, 1.807) is 0 Å². The molecule has 23 heavy (non-hydrogen) atoms. The highest BCUT2D eigenvalue weighted by atomic mass is 35.5. The van der Waals surface area contributed by atoms with Gasteiger partial charge in [0.2, 0.25) is 5.91 Å². The van der Waals surface area contributed by atoms with Crippen molar-refractivity contribution in [2.45, 2.75) is 13.1 Å². The topological polar surface area (TPSA) is 38.3 Å². The molecule has 1 amide bonds. The predicted molar refractivity (Wildman–Crippen MR) is 82.3 cm³/mol. The quantitative estimate of drug-likeness (QED) is 0.752. The van der Waals surface area contributed by atoms with E-state index >= 15 is 0 Å². The molecule has 0 aliphatic heterocycles. The van der Waals surface area contributed by atoms with Gasteiger partial charge in [-0.05, 0) is 36.4 Å². The van der Waals surface area contributed by atoms with Gasteiger partial charge in [-0.25, -0.2) is 0 Å². The molecule has 0 fully saturated rings. The number of anilines is 1.